The summed E-state index contributed by atoms with van der Waals surface area (Å²) in [6, 6.07) is 15.9. The number of aromatic nitrogens is 2. The van der Waals surface area contributed by atoms with Gasteiger partial charge in [0, 0.05) is 56.2 Å². The molecule has 3 atom stereocenters. The van der Waals surface area contributed by atoms with E-state index in [4.69, 9.17) is 14.3 Å². The average molecular weight is 418 g/mol. The van der Waals surface area contributed by atoms with Crippen LogP contribution in [-0.2, 0) is 11.4 Å². The quantitative estimate of drug-likeness (QED) is 0.647. The highest BCUT2D eigenvalue weighted by molar-refractivity contribution is 5.44. The molecule has 1 aromatic heterocycles. The Balaban J connectivity index is 1.29. The van der Waals surface area contributed by atoms with E-state index in [1.165, 1.54) is 11.1 Å². The van der Waals surface area contributed by atoms with Crippen molar-refractivity contribution in [2.45, 2.75) is 25.0 Å². The van der Waals surface area contributed by atoms with Gasteiger partial charge in [-0.05, 0) is 41.8 Å². The van der Waals surface area contributed by atoms with Crippen LogP contribution in [0.1, 0.15) is 23.6 Å². The lowest BCUT2D eigenvalue weighted by Gasteiger charge is -2.42. The number of likely N-dealkylation sites (tertiary alicyclic amines) is 1. The van der Waals surface area contributed by atoms with E-state index in [1.807, 2.05) is 23.2 Å². The molecule has 0 spiro atoms. The molecular weight excluding hydrogens is 392 g/mol. The van der Waals surface area contributed by atoms with Crippen LogP contribution in [0.25, 0.3) is 5.69 Å². The number of nitrogens with zero attached hydrogens (tertiary/aromatic N) is 4. The van der Waals surface area contributed by atoms with Crippen molar-refractivity contribution in [1.29, 1.82) is 0 Å². The Kier molecular flexibility index (Phi) is 4.67. The summed E-state index contributed by atoms with van der Waals surface area (Å²) in [5.74, 6) is 2.21. The van der Waals surface area contributed by atoms with Gasteiger partial charge in [0.1, 0.15) is 0 Å². The van der Waals surface area contributed by atoms with Crippen LogP contribution in [0, 0.1) is 5.92 Å². The summed E-state index contributed by atoms with van der Waals surface area (Å²) in [5, 5.41) is 2.06. The maximum atomic E-state index is 5.87. The number of hydrogen-bond donors (Lipinski definition) is 0. The van der Waals surface area contributed by atoms with Crippen LogP contribution in [0.15, 0.2) is 61.2 Å². The van der Waals surface area contributed by atoms with Gasteiger partial charge in [0.2, 0.25) is 6.79 Å². The molecule has 0 radical (unpaired) electrons. The van der Waals surface area contributed by atoms with Gasteiger partial charge in [-0.15, -0.1) is 0 Å². The first-order chi connectivity index (χ1) is 15.2. The molecule has 3 aliphatic rings. The van der Waals surface area contributed by atoms with Crippen LogP contribution in [0.2, 0.25) is 0 Å². The Morgan fingerprint density at radius 1 is 1.06 bits per heavy atom. The van der Waals surface area contributed by atoms with Crippen molar-refractivity contribution in [3.63, 3.8) is 0 Å². The molecule has 2 aromatic carbocycles. The van der Waals surface area contributed by atoms with Gasteiger partial charge in [-0.25, -0.2) is 4.98 Å². The molecule has 0 saturated carbocycles. The molecule has 6 rings (SSSR count). The topological polar surface area (TPSA) is 52.0 Å². The van der Waals surface area contributed by atoms with Crippen molar-refractivity contribution in [3.05, 3.63) is 72.3 Å². The van der Waals surface area contributed by atoms with Crippen molar-refractivity contribution in [3.8, 4) is 17.2 Å². The first-order valence-corrected chi connectivity index (χ1v) is 10.8. The third kappa shape index (κ3) is 3.48. The zero-order valence-electron chi connectivity index (χ0n) is 17.6. The lowest BCUT2D eigenvalue weighted by atomic mass is 9.85. The second kappa shape index (κ2) is 7.67. The fraction of sp³-hybridized carbons (Fsp3) is 0.375. The molecule has 0 aliphatic carbocycles. The normalized spacial score (nSPS) is 25.6. The van der Waals surface area contributed by atoms with Gasteiger partial charge in [-0.2, -0.15) is 5.06 Å². The zero-order chi connectivity index (χ0) is 20.8. The van der Waals surface area contributed by atoms with Crippen LogP contribution in [-0.4, -0.2) is 52.5 Å². The molecule has 2 saturated heterocycles. The number of hydroxylamine groups is 2. The van der Waals surface area contributed by atoms with Crippen LogP contribution in [0.4, 0.5) is 0 Å². The summed E-state index contributed by atoms with van der Waals surface area (Å²) in [6.45, 7) is 2.99. The lowest BCUT2D eigenvalue weighted by molar-refractivity contribution is -0.114. The highest BCUT2D eigenvalue weighted by atomic mass is 16.7. The van der Waals surface area contributed by atoms with E-state index in [0.29, 0.717) is 24.8 Å². The van der Waals surface area contributed by atoms with E-state index in [1.54, 1.807) is 6.20 Å². The third-order valence-electron chi connectivity index (χ3n) is 6.78. The van der Waals surface area contributed by atoms with Gasteiger partial charge in [0.25, 0.3) is 0 Å². The van der Waals surface area contributed by atoms with Crippen molar-refractivity contribution < 1.29 is 14.3 Å². The summed E-state index contributed by atoms with van der Waals surface area (Å²) in [5.41, 5.74) is 3.71. The smallest absolute Gasteiger partial charge is 0.231 e. The number of piperidine rings is 1. The van der Waals surface area contributed by atoms with Gasteiger partial charge in [-0.1, -0.05) is 18.2 Å². The minimum Gasteiger partial charge on any atom is -0.454 e. The van der Waals surface area contributed by atoms with Gasteiger partial charge < -0.3 is 14.0 Å². The van der Waals surface area contributed by atoms with Crippen molar-refractivity contribution in [2.24, 2.45) is 5.92 Å². The standard InChI is InChI=1S/C24H26N4O3/c1-26-21-11-22(18-3-5-20(6-4-18)27-9-8-25-15-27)28(13-19(21)14-31-26)12-17-2-7-23-24(10-17)30-16-29-23/h2-10,15,19,21-22H,11-14,16H2,1H3/t19-,21-,22-/m0/s1. The molecule has 0 amide bonds. The predicted octanol–water partition coefficient (Wildman–Crippen LogP) is 3.41. The second-order valence-electron chi connectivity index (χ2n) is 8.60. The summed E-state index contributed by atoms with van der Waals surface area (Å²) >= 11 is 0. The third-order valence-corrected chi connectivity index (χ3v) is 6.78. The molecule has 31 heavy (non-hydrogen) atoms. The van der Waals surface area contributed by atoms with E-state index in [0.717, 1.165) is 43.3 Å². The molecule has 3 aliphatic heterocycles. The molecule has 0 unspecified atom stereocenters. The Morgan fingerprint density at radius 3 is 2.77 bits per heavy atom. The second-order valence-corrected chi connectivity index (χ2v) is 8.60. The number of fused-ring (bicyclic) bond motifs is 2. The number of rotatable bonds is 4. The van der Waals surface area contributed by atoms with Crippen molar-refractivity contribution in [2.75, 3.05) is 27.0 Å². The highest BCUT2D eigenvalue weighted by Crippen LogP contribution is 2.40. The minimum atomic E-state index is 0.307. The minimum absolute atomic E-state index is 0.307. The average Bonchev–Trinajstić information content (AvgIpc) is 3.55. The molecule has 160 valence electrons. The van der Waals surface area contributed by atoms with Gasteiger partial charge in [0.15, 0.2) is 11.5 Å². The van der Waals surface area contributed by atoms with Crippen LogP contribution < -0.4 is 9.47 Å². The number of ether oxygens (including phenoxy) is 2. The first-order valence-electron chi connectivity index (χ1n) is 10.8. The molecule has 4 heterocycles. The molecule has 7 nitrogen and oxygen atoms in total. The van der Waals surface area contributed by atoms with Crippen molar-refractivity contribution in [1.82, 2.24) is 19.5 Å². The monoisotopic (exact) mass is 418 g/mol. The largest absolute Gasteiger partial charge is 0.454 e. The first kappa shape index (κ1) is 18.9. The fourth-order valence-electron chi connectivity index (χ4n) is 5.11. The molecule has 0 N–H and O–H groups in total. The molecule has 2 fully saturated rings. The molecule has 7 heteroatoms. The van der Waals surface area contributed by atoms with E-state index < -0.39 is 0 Å². The molecule has 3 aromatic rings. The maximum Gasteiger partial charge on any atom is 0.231 e. The summed E-state index contributed by atoms with van der Waals surface area (Å²) in [6.07, 6.45) is 6.66. The fourth-order valence-corrected chi connectivity index (χ4v) is 5.11. The number of imidazole rings is 1. The van der Waals surface area contributed by atoms with Gasteiger partial charge >= 0.3 is 0 Å². The van der Waals surface area contributed by atoms with E-state index in [9.17, 15) is 0 Å². The SMILES string of the molecule is CN1OC[C@@H]2CN(Cc3ccc4c(c3)OCO4)[C@H](c3ccc(-n4ccnc4)cc3)C[C@@H]21. The Hall–Kier alpha value is -2.87. The number of hydrogen-bond acceptors (Lipinski definition) is 6. The zero-order valence-corrected chi connectivity index (χ0v) is 17.6. The molecular formula is C24H26N4O3. The Morgan fingerprint density at radius 2 is 1.94 bits per heavy atom. The van der Waals surface area contributed by atoms with Crippen LogP contribution >= 0.6 is 0 Å². The summed E-state index contributed by atoms with van der Waals surface area (Å²) in [4.78, 5) is 12.6. The van der Waals surface area contributed by atoms with Crippen LogP contribution in [0.5, 0.6) is 11.5 Å². The lowest BCUT2D eigenvalue weighted by Crippen LogP contribution is -2.46. The van der Waals surface area contributed by atoms with Crippen LogP contribution in [0.3, 0.4) is 0 Å². The van der Waals surface area contributed by atoms with E-state index in [2.05, 4.69) is 58.4 Å². The van der Waals surface area contributed by atoms with Gasteiger partial charge in [0.05, 0.1) is 12.9 Å². The van der Waals surface area contributed by atoms with E-state index >= 15 is 0 Å². The van der Waals surface area contributed by atoms with Gasteiger partial charge in [-0.3, -0.25) is 9.74 Å². The van der Waals surface area contributed by atoms with Crippen molar-refractivity contribution >= 4 is 0 Å². The Labute approximate surface area is 181 Å². The predicted molar refractivity (Wildman–Crippen MR) is 115 cm³/mol. The molecule has 0 bridgehead atoms. The number of benzene rings is 2. The summed E-state index contributed by atoms with van der Waals surface area (Å²) in [7, 11) is 2.07. The Bertz CT molecular complexity index is 1050. The maximum absolute atomic E-state index is 5.87. The van der Waals surface area contributed by atoms with E-state index in [-0.39, 0.29) is 0 Å². The summed E-state index contributed by atoms with van der Waals surface area (Å²) < 4.78 is 13.1. The highest BCUT2D eigenvalue weighted by Gasteiger charge is 2.42.